The number of sulfonamides is 1. The topological polar surface area (TPSA) is 78.8 Å². The summed E-state index contributed by atoms with van der Waals surface area (Å²) in [5.74, 6) is 0.0546. The fraction of sp³-hybridized carbons (Fsp3) is 0.300. The summed E-state index contributed by atoms with van der Waals surface area (Å²) in [5, 5.41) is 2.84. The standard InChI is InChI=1S/C20H23N3O3S/c1-3-4-7-15-10-12-16(13-11-15)21-19(24)14-23(2)20-17-8-5-6-9-18(17)27(25,26)22-20/h5-6,8-13H,3-4,7,14H2,1-2H3,(H,21,24). The number of hydrogen-bond acceptors (Lipinski definition) is 4. The highest BCUT2D eigenvalue weighted by atomic mass is 32.2. The molecule has 1 aliphatic rings. The van der Waals surface area contributed by atoms with Crippen LogP contribution in [0.2, 0.25) is 0 Å². The summed E-state index contributed by atoms with van der Waals surface area (Å²) in [6.45, 7) is 2.16. The summed E-state index contributed by atoms with van der Waals surface area (Å²) in [5.41, 5.74) is 2.48. The van der Waals surface area contributed by atoms with Gasteiger partial charge in [-0.15, -0.1) is 4.40 Å². The zero-order chi connectivity index (χ0) is 19.4. The molecule has 142 valence electrons. The number of likely N-dealkylation sites (N-methyl/N-ethyl adjacent to an activating group) is 1. The smallest absolute Gasteiger partial charge is 0.285 e. The minimum Gasteiger partial charge on any atom is -0.349 e. The zero-order valence-electron chi connectivity index (χ0n) is 15.5. The summed E-state index contributed by atoms with van der Waals surface area (Å²) < 4.78 is 28.1. The Morgan fingerprint density at radius 2 is 1.81 bits per heavy atom. The molecular formula is C20H23N3O3S. The quantitative estimate of drug-likeness (QED) is 0.829. The van der Waals surface area contributed by atoms with E-state index in [0.29, 0.717) is 5.56 Å². The molecule has 0 aromatic heterocycles. The summed E-state index contributed by atoms with van der Waals surface area (Å²) in [7, 11) is -2.04. The van der Waals surface area contributed by atoms with E-state index >= 15 is 0 Å². The Kier molecular flexibility index (Phi) is 5.60. The lowest BCUT2D eigenvalue weighted by molar-refractivity contribution is -0.116. The van der Waals surface area contributed by atoms with Crippen LogP contribution < -0.4 is 5.32 Å². The van der Waals surface area contributed by atoms with Crippen LogP contribution in [-0.2, 0) is 21.2 Å². The van der Waals surface area contributed by atoms with Gasteiger partial charge in [0.2, 0.25) is 5.91 Å². The maximum atomic E-state index is 12.4. The third kappa shape index (κ3) is 4.36. The molecule has 0 bridgehead atoms. The second-order valence-corrected chi connectivity index (χ2v) is 8.16. The molecule has 0 spiro atoms. The number of carbonyl (C=O) groups is 1. The molecule has 0 aliphatic carbocycles. The number of rotatable bonds is 6. The predicted molar refractivity (Wildman–Crippen MR) is 106 cm³/mol. The average Bonchev–Trinajstić information content (AvgIpc) is 2.93. The molecule has 27 heavy (non-hydrogen) atoms. The number of amides is 1. The van der Waals surface area contributed by atoms with Gasteiger partial charge in [-0.25, -0.2) is 0 Å². The lowest BCUT2D eigenvalue weighted by Gasteiger charge is -2.18. The molecule has 0 saturated heterocycles. The molecule has 1 aliphatic heterocycles. The van der Waals surface area contributed by atoms with Crippen LogP contribution in [0, 0.1) is 0 Å². The molecule has 2 aromatic carbocycles. The second kappa shape index (κ2) is 7.92. The van der Waals surface area contributed by atoms with Gasteiger partial charge in [0, 0.05) is 18.3 Å². The van der Waals surface area contributed by atoms with Gasteiger partial charge >= 0.3 is 0 Å². The van der Waals surface area contributed by atoms with Crippen LogP contribution in [0.3, 0.4) is 0 Å². The Morgan fingerprint density at radius 3 is 2.52 bits per heavy atom. The van der Waals surface area contributed by atoms with Crippen molar-refractivity contribution in [2.75, 3.05) is 18.9 Å². The van der Waals surface area contributed by atoms with E-state index in [-0.39, 0.29) is 23.2 Å². The van der Waals surface area contributed by atoms with Gasteiger partial charge < -0.3 is 10.2 Å². The maximum absolute atomic E-state index is 12.4. The number of hydrogen-bond donors (Lipinski definition) is 1. The Hall–Kier alpha value is -2.67. The highest BCUT2D eigenvalue weighted by Crippen LogP contribution is 2.26. The first-order valence-electron chi connectivity index (χ1n) is 8.95. The molecule has 6 nitrogen and oxygen atoms in total. The molecule has 1 N–H and O–H groups in total. The minimum atomic E-state index is -3.69. The monoisotopic (exact) mass is 385 g/mol. The minimum absolute atomic E-state index is 0.000272. The third-order valence-corrected chi connectivity index (χ3v) is 5.74. The van der Waals surface area contributed by atoms with Crippen molar-refractivity contribution >= 4 is 27.5 Å². The van der Waals surface area contributed by atoms with Crippen LogP contribution in [0.5, 0.6) is 0 Å². The van der Waals surface area contributed by atoms with E-state index in [9.17, 15) is 13.2 Å². The number of aryl methyl sites for hydroxylation is 1. The molecule has 0 atom stereocenters. The maximum Gasteiger partial charge on any atom is 0.285 e. The number of carbonyl (C=O) groups excluding carboxylic acids is 1. The van der Waals surface area contributed by atoms with Crippen LogP contribution in [0.15, 0.2) is 57.8 Å². The van der Waals surface area contributed by atoms with Gasteiger partial charge in [0.15, 0.2) is 5.84 Å². The van der Waals surface area contributed by atoms with E-state index < -0.39 is 10.0 Å². The molecule has 3 rings (SSSR count). The van der Waals surface area contributed by atoms with Gasteiger partial charge in [-0.3, -0.25) is 4.79 Å². The first-order valence-corrected chi connectivity index (χ1v) is 10.4. The molecule has 1 heterocycles. The van der Waals surface area contributed by atoms with Crippen LogP contribution in [0.1, 0.15) is 30.9 Å². The molecule has 1 amide bonds. The number of anilines is 1. The van der Waals surface area contributed by atoms with Crippen molar-refractivity contribution in [2.24, 2.45) is 4.40 Å². The fourth-order valence-corrected chi connectivity index (χ4v) is 4.24. The van der Waals surface area contributed by atoms with Crippen molar-refractivity contribution in [3.8, 4) is 0 Å². The number of amidine groups is 1. The Morgan fingerprint density at radius 1 is 1.11 bits per heavy atom. The normalized spacial score (nSPS) is 14.4. The van der Waals surface area contributed by atoms with Gasteiger partial charge in [-0.1, -0.05) is 37.6 Å². The van der Waals surface area contributed by atoms with Crippen molar-refractivity contribution in [3.63, 3.8) is 0 Å². The number of nitrogens with one attached hydrogen (secondary N) is 1. The molecular weight excluding hydrogens is 362 g/mol. The molecule has 2 aromatic rings. The van der Waals surface area contributed by atoms with E-state index in [0.717, 1.165) is 24.9 Å². The number of unbranched alkanes of at least 4 members (excludes halogenated alkanes) is 1. The lowest BCUT2D eigenvalue weighted by Crippen LogP contribution is -2.34. The summed E-state index contributed by atoms with van der Waals surface area (Å²) in [4.78, 5) is 14.1. The zero-order valence-corrected chi connectivity index (χ0v) is 16.3. The summed E-state index contributed by atoms with van der Waals surface area (Å²) >= 11 is 0. The van der Waals surface area contributed by atoms with E-state index in [2.05, 4.69) is 16.6 Å². The average molecular weight is 385 g/mol. The van der Waals surface area contributed by atoms with Crippen LogP contribution in [-0.4, -0.2) is 38.7 Å². The molecule has 7 heteroatoms. The molecule has 0 saturated carbocycles. The van der Waals surface area contributed by atoms with Gasteiger partial charge in [0.25, 0.3) is 10.0 Å². The highest BCUT2D eigenvalue weighted by Gasteiger charge is 2.30. The van der Waals surface area contributed by atoms with Crippen molar-refractivity contribution in [1.29, 1.82) is 0 Å². The molecule has 0 unspecified atom stereocenters. The predicted octanol–water partition coefficient (Wildman–Crippen LogP) is 3.05. The van der Waals surface area contributed by atoms with Crippen LogP contribution in [0.25, 0.3) is 0 Å². The van der Waals surface area contributed by atoms with Crippen LogP contribution in [0.4, 0.5) is 5.69 Å². The molecule has 0 fully saturated rings. The first-order chi connectivity index (χ1) is 12.9. The van der Waals surface area contributed by atoms with Crippen LogP contribution >= 0.6 is 0 Å². The third-order valence-electron chi connectivity index (χ3n) is 4.41. The number of fused-ring (bicyclic) bond motifs is 1. The van der Waals surface area contributed by atoms with Crippen molar-refractivity contribution in [3.05, 3.63) is 59.7 Å². The first kappa shape index (κ1) is 19.1. The Labute approximate surface area is 160 Å². The van der Waals surface area contributed by atoms with E-state index in [4.69, 9.17) is 0 Å². The molecule has 0 radical (unpaired) electrons. The fourth-order valence-electron chi connectivity index (χ4n) is 2.99. The van der Waals surface area contributed by atoms with E-state index in [1.54, 1.807) is 30.1 Å². The van der Waals surface area contributed by atoms with Gasteiger partial charge in [-0.05, 0) is 42.7 Å². The highest BCUT2D eigenvalue weighted by molar-refractivity contribution is 7.90. The van der Waals surface area contributed by atoms with E-state index in [1.807, 2.05) is 24.3 Å². The lowest BCUT2D eigenvalue weighted by atomic mass is 10.1. The van der Waals surface area contributed by atoms with Gasteiger partial charge in [-0.2, -0.15) is 8.42 Å². The van der Waals surface area contributed by atoms with Crippen molar-refractivity contribution in [1.82, 2.24) is 4.90 Å². The summed E-state index contributed by atoms with van der Waals surface area (Å²) in [6, 6.07) is 14.4. The SMILES string of the molecule is CCCCc1ccc(NC(=O)CN(C)C2=NS(=O)(=O)c3ccccc32)cc1. The summed E-state index contributed by atoms with van der Waals surface area (Å²) in [6.07, 6.45) is 3.32. The van der Waals surface area contributed by atoms with Gasteiger partial charge in [0.05, 0.1) is 6.54 Å². The largest absolute Gasteiger partial charge is 0.349 e. The van der Waals surface area contributed by atoms with Crippen molar-refractivity contribution < 1.29 is 13.2 Å². The number of nitrogens with zero attached hydrogens (tertiary/aromatic N) is 2. The van der Waals surface area contributed by atoms with E-state index in [1.165, 1.54) is 11.6 Å². The Balaban J connectivity index is 1.65. The van der Waals surface area contributed by atoms with Crippen molar-refractivity contribution in [2.45, 2.75) is 31.1 Å². The number of benzene rings is 2. The van der Waals surface area contributed by atoms with Gasteiger partial charge in [0.1, 0.15) is 4.90 Å². The second-order valence-electron chi connectivity index (χ2n) is 6.59. The Bertz CT molecular complexity index is 966.